The summed E-state index contributed by atoms with van der Waals surface area (Å²) in [5.41, 5.74) is 2.82. The average Bonchev–Trinajstić information content (AvgIpc) is 3.00. The van der Waals surface area contributed by atoms with Crippen molar-refractivity contribution in [3.05, 3.63) is 41.2 Å². The minimum atomic E-state index is -0.461. The Balaban J connectivity index is 0.00000338. The highest BCUT2D eigenvalue weighted by molar-refractivity contribution is 5.85. The SMILES string of the molecule is CNC(C(=O)NC(C)c1cc(OC)c(OC)cc1C)c1cnn(C)c1.Cl. The molecule has 0 aliphatic heterocycles. The van der Waals surface area contributed by atoms with Crippen LogP contribution in [0.5, 0.6) is 11.5 Å². The van der Waals surface area contributed by atoms with E-state index in [0.29, 0.717) is 11.5 Å². The van der Waals surface area contributed by atoms with Gasteiger partial charge >= 0.3 is 0 Å². The first-order chi connectivity index (χ1) is 11.9. The Bertz CT molecular complexity index is 748. The zero-order chi connectivity index (χ0) is 18.6. The fraction of sp³-hybridized carbons (Fsp3) is 0.444. The van der Waals surface area contributed by atoms with Gasteiger partial charge in [0.25, 0.3) is 0 Å². The number of aryl methyl sites for hydroxylation is 2. The predicted molar refractivity (Wildman–Crippen MR) is 103 cm³/mol. The predicted octanol–water partition coefficient (Wildman–Crippen LogP) is 2.31. The zero-order valence-corrected chi connectivity index (χ0v) is 16.8. The van der Waals surface area contributed by atoms with E-state index in [0.717, 1.165) is 16.7 Å². The molecule has 0 bridgehead atoms. The summed E-state index contributed by atoms with van der Waals surface area (Å²) in [6.07, 6.45) is 3.51. The van der Waals surface area contributed by atoms with Crippen LogP contribution in [0.15, 0.2) is 24.5 Å². The molecule has 0 aliphatic carbocycles. The number of carbonyl (C=O) groups excluding carboxylic acids is 1. The second-order valence-electron chi connectivity index (χ2n) is 5.96. The van der Waals surface area contributed by atoms with Crippen LogP contribution < -0.4 is 20.1 Å². The lowest BCUT2D eigenvalue weighted by molar-refractivity contribution is -0.123. The summed E-state index contributed by atoms with van der Waals surface area (Å²) in [4.78, 5) is 12.7. The number of nitrogens with one attached hydrogen (secondary N) is 2. The maximum atomic E-state index is 12.7. The molecule has 0 aliphatic rings. The minimum absolute atomic E-state index is 0. The van der Waals surface area contributed by atoms with Gasteiger partial charge in [-0.3, -0.25) is 9.48 Å². The van der Waals surface area contributed by atoms with Crippen molar-refractivity contribution in [1.82, 2.24) is 20.4 Å². The van der Waals surface area contributed by atoms with E-state index in [1.54, 1.807) is 32.1 Å². The fourth-order valence-electron chi connectivity index (χ4n) is 2.88. The Morgan fingerprint density at radius 2 is 1.85 bits per heavy atom. The lowest BCUT2D eigenvalue weighted by atomic mass is 10.0. The second-order valence-corrected chi connectivity index (χ2v) is 5.96. The molecule has 7 nitrogen and oxygen atoms in total. The number of methoxy groups -OCH3 is 2. The number of rotatable bonds is 7. The molecule has 1 aromatic heterocycles. The third-order valence-corrected chi connectivity index (χ3v) is 4.21. The molecule has 1 aromatic carbocycles. The maximum absolute atomic E-state index is 12.7. The molecule has 0 spiro atoms. The summed E-state index contributed by atoms with van der Waals surface area (Å²) in [6.45, 7) is 3.93. The smallest absolute Gasteiger partial charge is 0.242 e. The second kappa shape index (κ2) is 9.45. The van der Waals surface area contributed by atoms with E-state index in [4.69, 9.17) is 9.47 Å². The highest BCUT2D eigenvalue weighted by atomic mass is 35.5. The van der Waals surface area contributed by atoms with Crippen molar-refractivity contribution in [2.75, 3.05) is 21.3 Å². The topological polar surface area (TPSA) is 77.4 Å². The van der Waals surface area contributed by atoms with Crippen LogP contribution in [0.1, 0.15) is 35.7 Å². The normalized spacial score (nSPS) is 12.7. The van der Waals surface area contributed by atoms with Crippen LogP contribution in [0, 0.1) is 6.92 Å². The van der Waals surface area contributed by atoms with Crippen molar-refractivity contribution in [3.8, 4) is 11.5 Å². The molecule has 0 saturated carbocycles. The molecule has 0 fully saturated rings. The number of ether oxygens (including phenoxy) is 2. The Morgan fingerprint density at radius 3 is 2.35 bits per heavy atom. The van der Waals surface area contributed by atoms with Crippen molar-refractivity contribution in [3.63, 3.8) is 0 Å². The molecule has 2 rings (SSSR count). The van der Waals surface area contributed by atoms with Gasteiger partial charge in [0.15, 0.2) is 11.5 Å². The molecule has 2 aromatic rings. The summed E-state index contributed by atoms with van der Waals surface area (Å²) in [7, 11) is 6.78. The van der Waals surface area contributed by atoms with Crippen molar-refractivity contribution < 1.29 is 14.3 Å². The van der Waals surface area contributed by atoms with Crippen LogP contribution >= 0.6 is 12.4 Å². The highest BCUT2D eigenvalue weighted by Gasteiger charge is 2.23. The van der Waals surface area contributed by atoms with Gasteiger partial charge in [-0.05, 0) is 44.2 Å². The molecular weight excluding hydrogens is 356 g/mol. The van der Waals surface area contributed by atoms with Gasteiger partial charge in [0.05, 0.1) is 26.5 Å². The van der Waals surface area contributed by atoms with Crippen LogP contribution in [0.4, 0.5) is 0 Å². The van der Waals surface area contributed by atoms with Crippen molar-refractivity contribution in [2.24, 2.45) is 7.05 Å². The zero-order valence-electron chi connectivity index (χ0n) is 16.0. The quantitative estimate of drug-likeness (QED) is 0.768. The molecule has 0 radical (unpaired) electrons. The van der Waals surface area contributed by atoms with Gasteiger partial charge in [-0.2, -0.15) is 5.10 Å². The van der Waals surface area contributed by atoms with Crippen LogP contribution in [0.25, 0.3) is 0 Å². The fourth-order valence-corrected chi connectivity index (χ4v) is 2.88. The highest BCUT2D eigenvalue weighted by Crippen LogP contribution is 2.33. The standard InChI is InChI=1S/C18H26N4O3.ClH/c1-11-7-15(24-5)16(25-6)8-14(11)12(2)21-18(23)17(19-3)13-9-20-22(4)10-13;/h7-10,12,17,19H,1-6H3,(H,21,23);1H. The van der Waals surface area contributed by atoms with Gasteiger partial charge in [0.2, 0.25) is 5.91 Å². The first-order valence-corrected chi connectivity index (χ1v) is 8.10. The summed E-state index contributed by atoms with van der Waals surface area (Å²) in [6, 6.07) is 3.17. The first kappa shape index (κ1) is 21.8. The maximum Gasteiger partial charge on any atom is 0.242 e. The molecule has 2 atom stereocenters. The van der Waals surface area contributed by atoms with Crippen LogP contribution in [0.2, 0.25) is 0 Å². The van der Waals surface area contributed by atoms with E-state index >= 15 is 0 Å². The van der Waals surface area contributed by atoms with Gasteiger partial charge in [0, 0.05) is 18.8 Å². The average molecular weight is 383 g/mol. The van der Waals surface area contributed by atoms with Gasteiger partial charge in [-0.15, -0.1) is 12.4 Å². The summed E-state index contributed by atoms with van der Waals surface area (Å²) in [5, 5.41) is 10.2. The Hall–Kier alpha value is -2.25. The van der Waals surface area contributed by atoms with Crippen LogP contribution in [0.3, 0.4) is 0 Å². The summed E-state index contributed by atoms with van der Waals surface area (Å²) >= 11 is 0. The minimum Gasteiger partial charge on any atom is -0.493 e. The van der Waals surface area contributed by atoms with E-state index in [2.05, 4.69) is 15.7 Å². The van der Waals surface area contributed by atoms with Gasteiger partial charge < -0.3 is 20.1 Å². The number of likely N-dealkylation sites (N-methyl/N-ethyl adjacent to an activating group) is 1. The molecule has 144 valence electrons. The van der Waals surface area contributed by atoms with E-state index in [-0.39, 0.29) is 24.4 Å². The first-order valence-electron chi connectivity index (χ1n) is 8.10. The Morgan fingerprint density at radius 1 is 1.23 bits per heavy atom. The van der Waals surface area contributed by atoms with E-state index in [1.165, 1.54) is 0 Å². The molecule has 1 amide bonds. The molecule has 2 unspecified atom stereocenters. The van der Waals surface area contributed by atoms with Gasteiger partial charge in [0.1, 0.15) is 6.04 Å². The van der Waals surface area contributed by atoms with Crippen molar-refractivity contribution in [1.29, 1.82) is 0 Å². The number of carbonyl (C=O) groups is 1. The number of halogens is 1. The third-order valence-electron chi connectivity index (χ3n) is 4.21. The molecule has 0 saturated heterocycles. The summed E-state index contributed by atoms with van der Waals surface area (Å²) < 4.78 is 12.4. The lowest BCUT2D eigenvalue weighted by Crippen LogP contribution is -2.37. The number of nitrogens with zero attached hydrogens (tertiary/aromatic N) is 2. The van der Waals surface area contributed by atoms with Crippen LogP contribution in [-0.2, 0) is 11.8 Å². The van der Waals surface area contributed by atoms with Gasteiger partial charge in [-0.1, -0.05) is 0 Å². The molecule has 2 N–H and O–H groups in total. The molecule has 1 heterocycles. The number of amides is 1. The molecule has 8 heteroatoms. The lowest BCUT2D eigenvalue weighted by Gasteiger charge is -2.22. The molecule has 26 heavy (non-hydrogen) atoms. The largest absolute Gasteiger partial charge is 0.493 e. The van der Waals surface area contributed by atoms with E-state index in [9.17, 15) is 4.79 Å². The third kappa shape index (κ3) is 4.68. The van der Waals surface area contributed by atoms with Crippen molar-refractivity contribution >= 4 is 18.3 Å². The van der Waals surface area contributed by atoms with Crippen LogP contribution in [-0.4, -0.2) is 37.0 Å². The number of aromatic nitrogens is 2. The Labute approximate surface area is 160 Å². The number of hydrogen-bond donors (Lipinski definition) is 2. The Kier molecular flexibility index (Phi) is 7.92. The molecular formula is C18H27ClN4O3. The van der Waals surface area contributed by atoms with E-state index in [1.807, 2.05) is 39.2 Å². The summed E-state index contributed by atoms with van der Waals surface area (Å²) in [5.74, 6) is 1.20. The monoisotopic (exact) mass is 382 g/mol. The van der Waals surface area contributed by atoms with Crippen molar-refractivity contribution in [2.45, 2.75) is 25.9 Å². The number of hydrogen-bond acceptors (Lipinski definition) is 5. The van der Waals surface area contributed by atoms with Gasteiger partial charge in [-0.25, -0.2) is 0 Å². The van der Waals surface area contributed by atoms with E-state index < -0.39 is 6.04 Å². The number of benzene rings is 1.